The van der Waals surface area contributed by atoms with E-state index in [1.165, 1.54) is 0 Å². The second-order valence-corrected chi connectivity index (χ2v) is 7.05. The number of ether oxygens (including phenoxy) is 2. The number of benzene rings is 1. The third-order valence-corrected chi connectivity index (χ3v) is 5.25. The molecule has 1 fully saturated rings. The molecule has 0 unspecified atom stereocenters. The lowest BCUT2D eigenvalue weighted by Gasteiger charge is -2.24. The molecule has 0 aliphatic carbocycles. The first-order valence-electron chi connectivity index (χ1n) is 9.09. The van der Waals surface area contributed by atoms with Crippen LogP contribution >= 0.6 is 0 Å². The Bertz CT molecular complexity index is 678. The highest BCUT2D eigenvalue weighted by atomic mass is 16.7. The van der Waals surface area contributed by atoms with E-state index >= 15 is 0 Å². The van der Waals surface area contributed by atoms with Crippen molar-refractivity contribution in [1.29, 1.82) is 0 Å². The zero-order chi connectivity index (χ0) is 18.7. The summed E-state index contributed by atoms with van der Waals surface area (Å²) in [4.78, 5) is 26.5. The number of likely N-dealkylation sites (tertiary alicyclic amines) is 1. The Morgan fingerprint density at radius 3 is 2.88 bits per heavy atom. The van der Waals surface area contributed by atoms with Crippen LogP contribution in [0, 0.1) is 11.8 Å². The van der Waals surface area contributed by atoms with E-state index in [0.29, 0.717) is 24.6 Å². The Hall–Kier alpha value is -2.28. The zero-order valence-corrected chi connectivity index (χ0v) is 15.2. The molecule has 2 heterocycles. The van der Waals surface area contributed by atoms with Crippen molar-refractivity contribution < 1.29 is 24.2 Å². The average Bonchev–Trinajstić information content (AvgIpc) is 3.25. The van der Waals surface area contributed by atoms with Gasteiger partial charge < -0.3 is 24.8 Å². The van der Waals surface area contributed by atoms with Crippen molar-refractivity contribution in [2.24, 2.45) is 11.8 Å². The lowest BCUT2D eigenvalue weighted by molar-refractivity contribution is -0.129. The van der Waals surface area contributed by atoms with Crippen molar-refractivity contribution in [1.82, 2.24) is 10.2 Å². The minimum Gasteiger partial charge on any atom is -0.454 e. The molecule has 0 saturated carbocycles. The van der Waals surface area contributed by atoms with Gasteiger partial charge in [-0.05, 0) is 23.6 Å². The van der Waals surface area contributed by atoms with Gasteiger partial charge in [-0.2, -0.15) is 0 Å². The van der Waals surface area contributed by atoms with Crippen LogP contribution in [-0.4, -0.2) is 47.8 Å². The molecule has 2 amide bonds. The maximum absolute atomic E-state index is 12.5. The van der Waals surface area contributed by atoms with Crippen LogP contribution in [0.15, 0.2) is 18.2 Å². The predicted octanol–water partition coefficient (Wildman–Crippen LogP) is 1.29. The van der Waals surface area contributed by atoms with Crippen LogP contribution < -0.4 is 14.8 Å². The van der Waals surface area contributed by atoms with Crippen LogP contribution in [0.1, 0.15) is 32.3 Å². The molecule has 1 saturated heterocycles. The van der Waals surface area contributed by atoms with Crippen LogP contribution in [-0.2, 0) is 16.1 Å². The molecule has 0 radical (unpaired) electrons. The van der Waals surface area contributed by atoms with E-state index in [2.05, 4.69) is 5.32 Å². The standard InChI is InChI=1S/C19H26N2O5/c1-3-12(2)15(10-22)20-19(24)14-7-18(23)21(9-14)8-13-4-5-16-17(6-13)26-11-25-16/h4-6,12,14-15,22H,3,7-11H2,1-2H3,(H,20,24)/t12-,14+,15-/m1/s1. The van der Waals surface area contributed by atoms with Crippen LogP contribution in [0.3, 0.4) is 0 Å². The summed E-state index contributed by atoms with van der Waals surface area (Å²) < 4.78 is 10.7. The maximum Gasteiger partial charge on any atom is 0.231 e. The van der Waals surface area contributed by atoms with E-state index in [9.17, 15) is 14.7 Å². The molecule has 0 aromatic heterocycles. The van der Waals surface area contributed by atoms with E-state index in [1.807, 2.05) is 32.0 Å². The molecule has 3 atom stereocenters. The Morgan fingerprint density at radius 2 is 2.15 bits per heavy atom. The number of fused-ring (bicyclic) bond motifs is 1. The fourth-order valence-corrected chi connectivity index (χ4v) is 3.31. The number of aliphatic hydroxyl groups is 1. The van der Waals surface area contributed by atoms with E-state index in [1.54, 1.807) is 4.90 Å². The van der Waals surface area contributed by atoms with E-state index in [4.69, 9.17) is 9.47 Å². The van der Waals surface area contributed by atoms with Crippen molar-refractivity contribution in [3.05, 3.63) is 23.8 Å². The largest absolute Gasteiger partial charge is 0.454 e. The summed E-state index contributed by atoms with van der Waals surface area (Å²) >= 11 is 0. The quantitative estimate of drug-likeness (QED) is 0.763. The number of nitrogens with zero attached hydrogens (tertiary/aromatic N) is 1. The minimum atomic E-state index is -0.380. The van der Waals surface area contributed by atoms with E-state index < -0.39 is 0 Å². The normalized spacial score (nSPS) is 21.0. The second-order valence-electron chi connectivity index (χ2n) is 7.05. The number of amides is 2. The third kappa shape index (κ3) is 3.93. The van der Waals surface area contributed by atoms with Gasteiger partial charge in [-0.15, -0.1) is 0 Å². The minimum absolute atomic E-state index is 0.0353. The smallest absolute Gasteiger partial charge is 0.231 e. The van der Waals surface area contributed by atoms with Crippen LogP contribution in [0.25, 0.3) is 0 Å². The molecule has 7 heteroatoms. The Morgan fingerprint density at radius 1 is 1.38 bits per heavy atom. The lowest BCUT2D eigenvalue weighted by atomic mass is 9.98. The van der Waals surface area contributed by atoms with Crippen molar-refractivity contribution in [2.45, 2.75) is 39.3 Å². The maximum atomic E-state index is 12.5. The van der Waals surface area contributed by atoms with Crippen molar-refractivity contribution in [3.8, 4) is 11.5 Å². The van der Waals surface area contributed by atoms with Gasteiger partial charge in [0.15, 0.2) is 11.5 Å². The predicted molar refractivity (Wildman–Crippen MR) is 94.6 cm³/mol. The van der Waals surface area contributed by atoms with Gasteiger partial charge in [-0.3, -0.25) is 9.59 Å². The number of hydrogen-bond acceptors (Lipinski definition) is 5. The monoisotopic (exact) mass is 362 g/mol. The molecule has 142 valence electrons. The molecule has 1 aromatic rings. The van der Waals surface area contributed by atoms with Crippen molar-refractivity contribution >= 4 is 11.8 Å². The highest BCUT2D eigenvalue weighted by molar-refractivity contribution is 5.89. The molecular formula is C19H26N2O5. The van der Waals surface area contributed by atoms with Crippen molar-refractivity contribution in [2.75, 3.05) is 19.9 Å². The Balaban J connectivity index is 1.58. The first kappa shape index (κ1) is 18.5. The number of aliphatic hydroxyl groups excluding tert-OH is 1. The highest BCUT2D eigenvalue weighted by Crippen LogP contribution is 2.33. The molecule has 0 bridgehead atoms. The first-order valence-corrected chi connectivity index (χ1v) is 9.09. The summed E-state index contributed by atoms with van der Waals surface area (Å²) in [6.07, 6.45) is 1.07. The molecule has 2 N–H and O–H groups in total. The van der Waals surface area contributed by atoms with E-state index in [0.717, 1.165) is 12.0 Å². The van der Waals surface area contributed by atoms with Gasteiger partial charge in [0.05, 0.1) is 18.6 Å². The fraction of sp³-hybridized carbons (Fsp3) is 0.579. The van der Waals surface area contributed by atoms with E-state index in [-0.39, 0.29) is 49.5 Å². The van der Waals surface area contributed by atoms with Gasteiger partial charge in [0, 0.05) is 19.5 Å². The fourth-order valence-electron chi connectivity index (χ4n) is 3.31. The summed E-state index contributed by atoms with van der Waals surface area (Å²) in [6.45, 7) is 4.96. The molecule has 26 heavy (non-hydrogen) atoms. The molecule has 2 aliphatic heterocycles. The molecule has 7 nitrogen and oxygen atoms in total. The average molecular weight is 362 g/mol. The number of hydrogen-bond donors (Lipinski definition) is 2. The number of carbonyl (C=O) groups excluding carboxylic acids is 2. The summed E-state index contributed by atoms with van der Waals surface area (Å²) in [5, 5.41) is 12.4. The Labute approximate surface area is 153 Å². The van der Waals surface area contributed by atoms with Crippen molar-refractivity contribution in [3.63, 3.8) is 0 Å². The third-order valence-electron chi connectivity index (χ3n) is 5.25. The number of nitrogens with one attached hydrogen (secondary N) is 1. The molecule has 0 spiro atoms. The second kappa shape index (κ2) is 7.95. The topological polar surface area (TPSA) is 88.1 Å². The van der Waals surface area contributed by atoms with Gasteiger partial charge in [0.2, 0.25) is 18.6 Å². The SMILES string of the molecule is CC[C@@H](C)[C@@H](CO)NC(=O)[C@H]1CC(=O)N(Cc2ccc3c(c2)OCO3)C1. The number of rotatable bonds is 7. The highest BCUT2D eigenvalue weighted by Gasteiger charge is 2.35. The van der Waals surface area contributed by atoms with Crippen LogP contribution in [0.5, 0.6) is 11.5 Å². The summed E-state index contributed by atoms with van der Waals surface area (Å²) in [5.74, 6) is 1.000. The lowest BCUT2D eigenvalue weighted by Crippen LogP contribution is -2.45. The Kier molecular flexibility index (Phi) is 5.66. The number of carbonyl (C=O) groups is 2. The molecule has 2 aliphatic rings. The summed E-state index contributed by atoms with van der Waals surface area (Å²) in [5.41, 5.74) is 0.941. The molecule has 3 rings (SSSR count). The van der Waals surface area contributed by atoms with Gasteiger partial charge >= 0.3 is 0 Å². The van der Waals surface area contributed by atoms with Gasteiger partial charge in [-0.25, -0.2) is 0 Å². The molecule has 1 aromatic carbocycles. The zero-order valence-electron chi connectivity index (χ0n) is 15.2. The van der Waals surface area contributed by atoms with Gasteiger partial charge in [0.1, 0.15) is 0 Å². The van der Waals surface area contributed by atoms with Crippen LogP contribution in [0.2, 0.25) is 0 Å². The first-order chi connectivity index (χ1) is 12.5. The van der Waals surface area contributed by atoms with Crippen LogP contribution in [0.4, 0.5) is 0 Å². The van der Waals surface area contributed by atoms with Gasteiger partial charge in [-0.1, -0.05) is 26.3 Å². The summed E-state index contributed by atoms with van der Waals surface area (Å²) in [7, 11) is 0. The van der Waals surface area contributed by atoms with Gasteiger partial charge in [0.25, 0.3) is 0 Å². The molecular weight excluding hydrogens is 336 g/mol. The summed E-state index contributed by atoms with van der Waals surface area (Å²) in [6, 6.07) is 5.33.